The van der Waals surface area contributed by atoms with Gasteiger partial charge < -0.3 is 14.8 Å². The van der Waals surface area contributed by atoms with Gasteiger partial charge in [-0.2, -0.15) is 0 Å². The molecule has 0 fully saturated rings. The van der Waals surface area contributed by atoms with Gasteiger partial charge >= 0.3 is 5.97 Å². The average molecular weight is 410 g/mol. The van der Waals surface area contributed by atoms with Crippen molar-refractivity contribution in [2.24, 2.45) is 0 Å². The van der Waals surface area contributed by atoms with E-state index in [2.05, 4.69) is 5.32 Å². The van der Waals surface area contributed by atoms with E-state index in [1.165, 1.54) is 20.1 Å². The number of carbonyl (C=O) groups excluding carboxylic acids is 2. The minimum Gasteiger partial charge on any atom is -0.496 e. The maximum atomic E-state index is 12.6. The molecule has 0 heterocycles. The number of methoxy groups -OCH3 is 1. The highest BCUT2D eigenvalue weighted by atomic mass is 35.5. The Kier molecular flexibility index (Phi) is 6.52. The molecule has 3 aromatic carbocycles. The van der Waals surface area contributed by atoms with E-state index in [-0.39, 0.29) is 5.56 Å². The molecule has 1 amide bonds. The van der Waals surface area contributed by atoms with Crippen LogP contribution in [-0.2, 0) is 9.53 Å². The van der Waals surface area contributed by atoms with Gasteiger partial charge in [0.05, 0.1) is 7.11 Å². The van der Waals surface area contributed by atoms with Crippen molar-refractivity contribution in [2.45, 2.75) is 13.0 Å². The standard InChI is InChI=1S/C23H20ClNO4/c1-15(29-23(27)19-14-17(24)12-13-21(19)28-2)22(26)25-20-11-7-6-10-18(20)16-8-4-3-5-9-16/h3-15H,1-2H3,(H,25,26). The third kappa shape index (κ3) is 4.95. The summed E-state index contributed by atoms with van der Waals surface area (Å²) in [5.74, 6) is -0.812. The van der Waals surface area contributed by atoms with Crippen LogP contribution in [0.15, 0.2) is 72.8 Å². The van der Waals surface area contributed by atoms with Gasteiger partial charge in [-0.1, -0.05) is 60.1 Å². The van der Waals surface area contributed by atoms with Crippen LogP contribution in [0.3, 0.4) is 0 Å². The number of hydrogen-bond donors (Lipinski definition) is 1. The van der Waals surface area contributed by atoms with Crippen LogP contribution in [0.5, 0.6) is 5.75 Å². The van der Waals surface area contributed by atoms with Crippen LogP contribution in [0.4, 0.5) is 5.69 Å². The molecule has 0 spiro atoms. The summed E-state index contributed by atoms with van der Waals surface area (Å²) in [6.07, 6.45) is -1.02. The molecule has 1 atom stereocenters. The molecule has 0 aliphatic carbocycles. The number of hydrogen-bond acceptors (Lipinski definition) is 4. The van der Waals surface area contributed by atoms with Crippen molar-refractivity contribution in [1.82, 2.24) is 0 Å². The van der Waals surface area contributed by atoms with Gasteiger partial charge in [-0.05, 0) is 36.8 Å². The number of rotatable bonds is 6. The number of carbonyl (C=O) groups is 2. The first-order chi connectivity index (χ1) is 14.0. The molecule has 1 N–H and O–H groups in total. The van der Waals surface area contributed by atoms with Crippen molar-refractivity contribution in [3.8, 4) is 16.9 Å². The molecule has 29 heavy (non-hydrogen) atoms. The highest BCUT2D eigenvalue weighted by molar-refractivity contribution is 6.31. The highest BCUT2D eigenvalue weighted by Crippen LogP contribution is 2.28. The van der Waals surface area contributed by atoms with Crippen LogP contribution >= 0.6 is 11.6 Å². The number of nitrogens with one attached hydrogen (secondary N) is 1. The number of benzene rings is 3. The summed E-state index contributed by atoms with van der Waals surface area (Å²) >= 11 is 5.96. The summed E-state index contributed by atoms with van der Waals surface area (Å²) in [4.78, 5) is 25.1. The zero-order valence-electron chi connectivity index (χ0n) is 16.0. The topological polar surface area (TPSA) is 64.6 Å². The van der Waals surface area contributed by atoms with Gasteiger partial charge in [-0.25, -0.2) is 4.79 Å². The van der Waals surface area contributed by atoms with E-state index in [9.17, 15) is 9.59 Å². The maximum absolute atomic E-state index is 12.6. The molecule has 3 rings (SSSR count). The van der Waals surface area contributed by atoms with Crippen molar-refractivity contribution in [3.63, 3.8) is 0 Å². The monoisotopic (exact) mass is 409 g/mol. The second-order valence-corrected chi connectivity index (χ2v) is 6.73. The number of para-hydroxylation sites is 1. The lowest BCUT2D eigenvalue weighted by molar-refractivity contribution is -0.123. The van der Waals surface area contributed by atoms with Gasteiger partial charge in [0.15, 0.2) is 6.10 Å². The van der Waals surface area contributed by atoms with E-state index in [1.807, 2.05) is 48.5 Å². The minimum absolute atomic E-state index is 0.157. The molecule has 6 heteroatoms. The number of amides is 1. The van der Waals surface area contributed by atoms with Gasteiger partial charge in [-0.15, -0.1) is 0 Å². The van der Waals surface area contributed by atoms with Crippen LogP contribution < -0.4 is 10.1 Å². The highest BCUT2D eigenvalue weighted by Gasteiger charge is 2.22. The minimum atomic E-state index is -1.02. The van der Waals surface area contributed by atoms with Crippen molar-refractivity contribution < 1.29 is 19.1 Å². The predicted molar refractivity (Wildman–Crippen MR) is 113 cm³/mol. The molecular weight excluding hydrogens is 390 g/mol. The first kappa shape index (κ1) is 20.4. The van der Waals surface area contributed by atoms with Gasteiger partial charge in [0.25, 0.3) is 5.91 Å². The molecule has 0 aliphatic heterocycles. The first-order valence-corrected chi connectivity index (χ1v) is 9.37. The lowest BCUT2D eigenvalue weighted by Crippen LogP contribution is -2.30. The number of esters is 1. The van der Waals surface area contributed by atoms with Gasteiger partial charge in [0, 0.05) is 16.3 Å². The molecule has 0 bridgehead atoms. The van der Waals surface area contributed by atoms with Crippen LogP contribution in [-0.4, -0.2) is 25.1 Å². The fraction of sp³-hybridized carbons (Fsp3) is 0.130. The van der Waals surface area contributed by atoms with E-state index >= 15 is 0 Å². The summed E-state index contributed by atoms with van der Waals surface area (Å²) in [5, 5.41) is 3.20. The van der Waals surface area contributed by atoms with Crippen molar-refractivity contribution >= 4 is 29.2 Å². The Morgan fingerprint density at radius 1 is 0.966 bits per heavy atom. The average Bonchev–Trinajstić information content (AvgIpc) is 2.74. The van der Waals surface area contributed by atoms with E-state index in [4.69, 9.17) is 21.1 Å². The largest absolute Gasteiger partial charge is 0.496 e. The molecule has 0 saturated carbocycles. The molecule has 3 aromatic rings. The molecule has 0 radical (unpaired) electrons. The fourth-order valence-electron chi connectivity index (χ4n) is 2.81. The van der Waals surface area contributed by atoms with Crippen LogP contribution in [0.2, 0.25) is 5.02 Å². The summed E-state index contributed by atoms with van der Waals surface area (Å²) in [7, 11) is 1.44. The summed E-state index contributed by atoms with van der Waals surface area (Å²) in [6, 6.07) is 21.8. The van der Waals surface area contributed by atoms with Gasteiger partial charge in [0.1, 0.15) is 11.3 Å². The quantitative estimate of drug-likeness (QED) is 0.568. The Labute approximate surface area is 174 Å². The second-order valence-electron chi connectivity index (χ2n) is 6.29. The van der Waals surface area contributed by atoms with Crippen molar-refractivity contribution in [1.29, 1.82) is 0 Å². The summed E-state index contributed by atoms with van der Waals surface area (Å²) in [5.41, 5.74) is 2.63. The summed E-state index contributed by atoms with van der Waals surface area (Å²) in [6.45, 7) is 1.51. The van der Waals surface area contributed by atoms with E-state index in [1.54, 1.807) is 18.2 Å². The Morgan fingerprint density at radius 2 is 1.66 bits per heavy atom. The zero-order valence-corrected chi connectivity index (χ0v) is 16.8. The smallest absolute Gasteiger partial charge is 0.342 e. The molecular formula is C23H20ClNO4. The Hall–Kier alpha value is -3.31. The third-order valence-electron chi connectivity index (χ3n) is 4.30. The van der Waals surface area contributed by atoms with Gasteiger partial charge in [-0.3, -0.25) is 4.79 Å². The van der Waals surface area contributed by atoms with E-state index < -0.39 is 18.0 Å². The fourth-order valence-corrected chi connectivity index (χ4v) is 2.99. The molecule has 0 aromatic heterocycles. The molecule has 5 nitrogen and oxygen atoms in total. The van der Waals surface area contributed by atoms with E-state index in [0.717, 1.165) is 11.1 Å². The molecule has 0 saturated heterocycles. The molecule has 1 unspecified atom stereocenters. The Bertz CT molecular complexity index is 1020. The first-order valence-electron chi connectivity index (χ1n) is 8.99. The van der Waals surface area contributed by atoms with Gasteiger partial charge in [0.2, 0.25) is 0 Å². The second kappa shape index (κ2) is 9.26. The zero-order chi connectivity index (χ0) is 20.8. The molecule has 0 aliphatic rings. The number of anilines is 1. The third-order valence-corrected chi connectivity index (χ3v) is 4.54. The lowest BCUT2D eigenvalue weighted by Gasteiger charge is -2.16. The maximum Gasteiger partial charge on any atom is 0.342 e. The lowest BCUT2D eigenvalue weighted by atomic mass is 10.0. The Balaban J connectivity index is 1.74. The van der Waals surface area contributed by atoms with E-state index in [0.29, 0.717) is 16.5 Å². The molecule has 148 valence electrons. The van der Waals surface area contributed by atoms with Crippen molar-refractivity contribution in [3.05, 3.63) is 83.4 Å². The SMILES string of the molecule is COc1ccc(Cl)cc1C(=O)OC(C)C(=O)Nc1ccccc1-c1ccccc1. The number of halogens is 1. The normalized spacial score (nSPS) is 11.4. The Morgan fingerprint density at radius 3 is 2.38 bits per heavy atom. The van der Waals surface area contributed by atoms with Crippen LogP contribution in [0, 0.1) is 0 Å². The van der Waals surface area contributed by atoms with Crippen molar-refractivity contribution in [2.75, 3.05) is 12.4 Å². The van der Waals surface area contributed by atoms with Crippen LogP contribution in [0.25, 0.3) is 11.1 Å². The van der Waals surface area contributed by atoms with Crippen LogP contribution in [0.1, 0.15) is 17.3 Å². The predicted octanol–water partition coefficient (Wildman–Crippen LogP) is 5.20. The number of ether oxygens (including phenoxy) is 2. The summed E-state index contributed by atoms with van der Waals surface area (Å²) < 4.78 is 10.5.